The van der Waals surface area contributed by atoms with E-state index in [4.69, 9.17) is 4.74 Å². The SMILES string of the molecule is C=C(Nc1cc2cccnc2cc1O[C@H]1CC[C@@H](O)CC1)c1csc2cncnc12. The zero-order chi connectivity index (χ0) is 20.5. The molecule has 2 N–H and O–H groups in total. The van der Waals surface area contributed by atoms with Gasteiger partial charge in [-0.3, -0.25) is 4.98 Å². The number of aliphatic hydroxyl groups excluding tert-OH is 1. The molecule has 3 aromatic heterocycles. The normalized spacial score (nSPS) is 19.1. The second kappa shape index (κ2) is 8.01. The van der Waals surface area contributed by atoms with Crippen molar-refractivity contribution in [3.05, 3.63) is 60.5 Å². The van der Waals surface area contributed by atoms with Crippen molar-refractivity contribution >= 4 is 43.8 Å². The highest BCUT2D eigenvalue weighted by Crippen LogP contribution is 2.36. The van der Waals surface area contributed by atoms with Crippen molar-refractivity contribution in [3.8, 4) is 5.75 Å². The fourth-order valence-electron chi connectivity index (χ4n) is 3.87. The lowest BCUT2D eigenvalue weighted by molar-refractivity contribution is 0.0670. The van der Waals surface area contributed by atoms with Crippen LogP contribution in [0.5, 0.6) is 5.75 Å². The molecular formula is C23H22N4O2S. The van der Waals surface area contributed by atoms with Crippen LogP contribution in [0.15, 0.2) is 54.9 Å². The molecule has 0 unspecified atom stereocenters. The lowest BCUT2D eigenvalue weighted by Crippen LogP contribution is -2.26. The molecule has 0 bridgehead atoms. The molecule has 0 atom stereocenters. The number of thiophene rings is 1. The first kappa shape index (κ1) is 19.0. The Morgan fingerprint density at radius 3 is 2.93 bits per heavy atom. The number of rotatable bonds is 5. The Morgan fingerprint density at radius 1 is 1.20 bits per heavy atom. The average molecular weight is 419 g/mol. The number of fused-ring (bicyclic) bond motifs is 2. The number of aliphatic hydroxyl groups is 1. The van der Waals surface area contributed by atoms with Gasteiger partial charge in [-0.05, 0) is 37.8 Å². The van der Waals surface area contributed by atoms with Crippen molar-refractivity contribution in [2.75, 3.05) is 5.32 Å². The van der Waals surface area contributed by atoms with E-state index in [9.17, 15) is 5.11 Å². The van der Waals surface area contributed by atoms with E-state index in [2.05, 4.69) is 26.8 Å². The van der Waals surface area contributed by atoms with Crippen LogP contribution in [-0.2, 0) is 0 Å². The van der Waals surface area contributed by atoms with Gasteiger partial charge in [-0.15, -0.1) is 11.3 Å². The molecule has 0 saturated heterocycles. The third-order valence-electron chi connectivity index (χ3n) is 5.49. The highest BCUT2D eigenvalue weighted by atomic mass is 32.1. The monoisotopic (exact) mass is 418 g/mol. The third kappa shape index (κ3) is 3.74. The van der Waals surface area contributed by atoms with Crippen LogP contribution in [0.4, 0.5) is 5.69 Å². The Balaban J connectivity index is 1.48. The van der Waals surface area contributed by atoms with E-state index in [1.54, 1.807) is 23.9 Å². The molecular weight excluding hydrogens is 396 g/mol. The molecule has 4 aromatic rings. The first-order valence-corrected chi connectivity index (χ1v) is 10.9. The van der Waals surface area contributed by atoms with E-state index < -0.39 is 0 Å². The minimum absolute atomic E-state index is 0.0816. The average Bonchev–Trinajstić information content (AvgIpc) is 3.20. The topological polar surface area (TPSA) is 80.2 Å². The van der Waals surface area contributed by atoms with Crippen LogP contribution in [0.1, 0.15) is 31.2 Å². The molecule has 0 amide bonds. The number of ether oxygens (including phenoxy) is 1. The van der Waals surface area contributed by atoms with Crippen LogP contribution < -0.4 is 10.1 Å². The first-order valence-electron chi connectivity index (χ1n) is 10.0. The van der Waals surface area contributed by atoms with Crippen LogP contribution in [0.2, 0.25) is 0 Å². The summed E-state index contributed by atoms with van der Waals surface area (Å²) in [5, 5.41) is 16.3. The van der Waals surface area contributed by atoms with Crippen molar-refractivity contribution in [1.29, 1.82) is 0 Å². The molecule has 3 heterocycles. The predicted octanol–water partition coefficient (Wildman–Crippen LogP) is 5.00. The highest BCUT2D eigenvalue weighted by Gasteiger charge is 2.22. The largest absolute Gasteiger partial charge is 0.488 e. The van der Waals surface area contributed by atoms with Crippen molar-refractivity contribution in [1.82, 2.24) is 15.0 Å². The summed E-state index contributed by atoms with van der Waals surface area (Å²) < 4.78 is 7.39. The Bertz CT molecular complexity index is 1210. The quantitative estimate of drug-likeness (QED) is 0.474. The van der Waals surface area contributed by atoms with Gasteiger partial charge in [0.1, 0.15) is 12.1 Å². The number of nitrogens with one attached hydrogen (secondary N) is 1. The Kier molecular flexibility index (Phi) is 5.06. The molecule has 152 valence electrons. The van der Waals surface area contributed by atoms with E-state index in [-0.39, 0.29) is 12.2 Å². The summed E-state index contributed by atoms with van der Waals surface area (Å²) >= 11 is 1.60. The van der Waals surface area contributed by atoms with Crippen LogP contribution in [0, 0.1) is 0 Å². The molecule has 0 radical (unpaired) electrons. The molecule has 1 aliphatic rings. The number of hydrogen-bond acceptors (Lipinski definition) is 7. The standard InChI is InChI=1S/C23H22N4O2S/c1-14(18-12-30-22-11-24-13-26-23(18)22)27-20-9-15-3-2-8-25-19(15)10-21(20)29-17-6-4-16(28)5-7-17/h2-3,8-13,16-17,27-28H,1,4-7H2/t16-,17+. The summed E-state index contributed by atoms with van der Waals surface area (Å²) in [6.07, 6.45) is 8.25. The number of hydrogen-bond donors (Lipinski definition) is 2. The fourth-order valence-corrected chi connectivity index (χ4v) is 4.76. The van der Waals surface area contributed by atoms with Crippen molar-refractivity contribution < 1.29 is 9.84 Å². The molecule has 7 heteroatoms. The molecule has 0 spiro atoms. The number of nitrogens with zero attached hydrogens (tertiary/aromatic N) is 3. The molecule has 1 fully saturated rings. The number of pyridine rings is 1. The lowest BCUT2D eigenvalue weighted by atomic mass is 9.95. The summed E-state index contributed by atoms with van der Waals surface area (Å²) in [5.74, 6) is 0.748. The van der Waals surface area contributed by atoms with Gasteiger partial charge in [0.25, 0.3) is 0 Å². The van der Waals surface area contributed by atoms with Crippen LogP contribution in [-0.4, -0.2) is 32.3 Å². The summed E-state index contributed by atoms with van der Waals surface area (Å²) in [4.78, 5) is 13.0. The second-order valence-corrected chi connectivity index (χ2v) is 8.49. The molecule has 1 saturated carbocycles. The van der Waals surface area contributed by atoms with E-state index in [0.717, 1.165) is 69.5 Å². The second-order valence-electron chi connectivity index (χ2n) is 7.58. The fraction of sp³-hybridized carbons (Fsp3) is 0.261. The summed E-state index contributed by atoms with van der Waals surface area (Å²) in [7, 11) is 0. The molecule has 0 aliphatic heterocycles. The van der Waals surface area contributed by atoms with Crippen molar-refractivity contribution in [2.45, 2.75) is 37.9 Å². The van der Waals surface area contributed by atoms with Gasteiger partial charge in [0, 0.05) is 40.5 Å². The van der Waals surface area contributed by atoms with Crippen molar-refractivity contribution in [3.63, 3.8) is 0 Å². The molecule has 1 aliphatic carbocycles. The van der Waals surface area contributed by atoms with Gasteiger partial charge in [-0.1, -0.05) is 12.6 Å². The maximum Gasteiger partial charge on any atom is 0.145 e. The molecule has 6 nitrogen and oxygen atoms in total. The van der Waals surface area contributed by atoms with E-state index in [0.29, 0.717) is 0 Å². The molecule has 1 aromatic carbocycles. The minimum atomic E-state index is -0.214. The van der Waals surface area contributed by atoms with Gasteiger partial charge < -0.3 is 15.2 Å². The smallest absolute Gasteiger partial charge is 0.145 e. The van der Waals surface area contributed by atoms with Gasteiger partial charge in [-0.25, -0.2) is 9.97 Å². The van der Waals surface area contributed by atoms with Gasteiger partial charge >= 0.3 is 0 Å². The number of anilines is 1. The van der Waals surface area contributed by atoms with Gasteiger partial charge in [0.15, 0.2) is 0 Å². The first-order chi connectivity index (χ1) is 14.7. The van der Waals surface area contributed by atoms with E-state index >= 15 is 0 Å². The van der Waals surface area contributed by atoms with Gasteiger partial charge in [0.05, 0.1) is 33.6 Å². The summed E-state index contributed by atoms with van der Waals surface area (Å²) in [5.41, 5.74) is 4.33. The van der Waals surface area contributed by atoms with E-state index in [1.165, 1.54) is 0 Å². The molecule has 5 rings (SSSR count). The Morgan fingerprint density at radius 2 is 2.07 bits per heavy atom. The zero-order valence-corrected chi connectivity index (χ0v) is 17.2. The number of aromatic nitrogens is 3. The van der Waals surface area contributed by atoms with Crippen LogP contribution in [0.25, 0.3) is 26.8 Å². The Hall–Kier alpha value is -3.03. The van der Waals surface area contributed by atoms with Gasteiger partial charge in [0.2, 0.25) is 0 Å². The lowest BCUT2D eigenvalue weighted by Gasteiger charge is -2.27. The van der Waals surface area contributed by atoms with Gasteiger partial charge in [-0.2, -0.15) is 0 Å². The Labute approximate surface area is 178 Å². The van der Waals surface area contributed by atoms with Crippen molar-refractivity contribution in [2.24, 2.45) is 0 Å². The highest BCUT2D eigenvalue weighted by molar-refractivity contribution is 7.17. The third-order valence-corrected chi connectivity index (χ3v) is 6.40. The van der Waals surface area contributed by atoms with E-state index in [1.807, 2.05) is 35.8 Å². The molecule has 30 heavy (non-hydrogen) atoms. The maximum atomic E-state index is 9.80. The summed E-state index contributed by atoms with van der Waals surface area (Å²) in [6, 6.07) is 7.98. The van der Waals surface area contributed by atoms with Crippen LogP contribution in [0.3, 0.4) is 0 Å². The minimum Gasteiger partial charge on any atom is -0.488 e. The number of benzene rings is 1. The maximum absolute atomic E-state index is 9.80. The zero-order valence-electron chi connectivity index (χ0n) is 16.4. The van der Waals surface area contributed by atoms with Crippen LogP contribution >= 0.6 is 11.3 Å². The summed E-state index contributed by atoms with van der Waals surface area (Å²) in [6.45, 7) is 4.25. The predicted molar refractivity (Wildman–Crippen MR) is 121 cm³/mol.